The number of H-pyrrole nitrogens is 1. The third-order valence-corrected chi connectivity index (χ3v) is 4.18. The smallest absolute Gasteiger partial charge is 0.172 e. The summed E-state index contributed by atoms with van der Waals surface area (Å²) >= 11 is 1.53. The third-order valence-electron chi connectivity index (χ3n) is 3.19. The Morgan fingerprint density at radius 1 is 1.24 bits per heavy atom. The Bertz CT molecular complexity index is 781. The van der Waals surface area contributed by atoms with Crippen molar-refractivity contribution in [2.75, 3.05) is 11.9 Å². The van der Waals surface area contributed by atoms with Gasteiger partial charge in [0.2, 0.25) is 0 Å². The number of fused-ring (bicyclic) bond motifs is 1. The van der Waals surface area contributed by atoms with Crippen LogP contribution in [0.1, 0.15) is 18.1 Å². The molecule has 21 heavy (non-hydrogen) atoms. The summed E-state index contributed by atoms with van der Waals surface area (Å²) in [6, 6.07) is 6.20. The molecule has 3 rings (SSSR count). The Labute approximate surface area is 127 Å². The lowest BCUT2D eigenvalue weighted by atomic mass is 10.2. The lowest BCUT2D eigenvalue weighted by Crippen LogP contribution is -2.03. The number of nitrogens with one attached hydrogen (secondary N) is 2. The molecule has 0 unspecified atom stereocenters. The number of nitrogens with zero attached hydrogens (tertiary/aromatic N) is 3. The van der Waals surface area contributed by atoms with Crippen molar-refractivity contribution in [3.05, 3.63) is 35.7 Å². The fourth-order valence-electron chi connectivity index (χ4n) is 2.12. The molecule has 0 bridgehead atoms. The fourth-order valence-corrected chi connectivity index (χ4v) is 2.96. The molecule has 1 aromatic carbocycles. The standard InChI is InChI=1S/C15H17N5S/c1-4-16-13-10(3)14(18-8-17-13)21-15-19-11-6-5-9(2)7-12(11)20-15/h5-8H,4H2,1-3H3,(H,19,20)(H,16,17,18). The maximum Gasteiger partial charge on any atom is 0.172 e. The van der Waals surface area contributed by atoms with Crippen molar-refractivity contribution in [2.24, 2.45) is 0 Å². The number of aromatic nitrogens is 4. The van der Waals surface area contributed by atoms with Crippen LogP contribution in [0.5, 0.6) is 0 Å². The van der Waals surface area contributed by atoms with Gasteiger partial charge in [-0.15, -0.1) is 0 Å². The van der Waals surface area contributed by atoms with Gasteiger partial charge in [-0.25, -0.2) is 15.0 Å². The van der Waals surface area contributed by atoms with Gasteiger partial charge in [-0.1, -0.05) is 6.07 Å². The molecular weight excluding hydrogens is 282 g/mol. The van der Waals surface area contributed by atoms with E-state index in [0.29, 0.717) is 0 Å². The van der Waals surface area contributed by atoms with E-state index in [9.17, 15) is 0 Å². The predicted octanol–water partition coefficient (Wildman–Crippen LogP) is 3.55. The summed E-state index contributed by atoms with van der Waals surface area (Å²) in [6.45, 7) is 6.99. The number of rotatable bonds is 4. The van der Waals surface area contributed by atoms with Gasteiger partial charge < -0.3 is 10.3 Å². The molecule has 0 fully saturated rings. The third kappa shape index (κ3) is 2.85. The lowest BCUT2D eigenvalue weighted by Gasteiger charge is -2.08. The normalized spacial score (nSPS) is 11.0. The molecule has 0 saturated heterocycles. The Hall–Kier alpha value is -2.08. The summed E-state index contributed by atoms with van der Waals surface area (Å²) in [4.78, 5) is 16.5. The van der Waals surface area contributed by atoms with Crippen LogP contribution in [0, 0.1) is 13.8 Å². The van der Waals surface area contributed by atoms with Crippen molar-refractivity contribution in [2.45, 2.75) is 31.0 Å². The second-order valence-corrected chi connectivity index (χ2v) is 5.82. The number of aromatic amines is 1. The summed E-state index contributed by atoms with van der Waals surface area (Å²) < 4.78 is 0. The first kappa shape index (κ1) is 13.9. The van der Waals surface area contributed by atoms with Crippen molar-refractivity contribution in [3.8, 4) is 0 Å². The molecule has 0 aliphatic carbocycles. The summed E-state index contributed by atoms with van der Waals surface area (Å²) in [5.41, 5.74) is 4.29. The SMILES string of the molecule is CCNc1ncnc(Sc2nc3ccc(C)cc3[nH]2)c1C. The topological polar surface area (TPSA) is 66.5 Å². The van der Waals surface area contributed by atoms with Crippen molar-refractivity contribution in [1.82, 2.24) is 19.9 Å². The van der Waals surface area contributed by atoms with E-state index in [1.165, 1.54) is 17.3 Å². The van der Waals surface area contributed by atoms with Crippen LogP contribution in [0.4, 0.5) is 5.82 Å². The summed E-state index contributed by atoms with van der Waals surface area (Å²) in [5.74, 6) is 0.877. The van der Waals surface area contributed by atoms with Gasteiger partial charge in [-0.2, -0.15) is 0 Å². The second kappa shape index (κ2) is 5.73. The highest BCUT2D eigenvalue weighted by Crippen LogP contribution is 2.30. The van der Waals surface area contributed by atoms with Crippen molar-refractivity contribution in [3.63, 3.8) is 0 Å². The van der Waals surface area contributed by atoms with E-state index >= 15 is 0 Å². The van der Waals surface area contributed by atoms with E-state index in [4.69, 9.17) is 0 Å². The van der Waals surface area contributed by atoms with Crippen molar-refractivity contribution < 1.29 is 0 Å². The molecule has 0 amide bonds. The van der Waals surface area contributed by atoms with Crippen LogP contribution in [-0.4, -0.2) is 26.5 Å². The van der Waals surface area contributed by atoms with Gasteiger partial charge in [0.25, 0.3) is 0 Å². The van der Waals surface area contributed by atoms with E-state index in [2.05, 4.69) is 51.2 Å². The van der Waals surface area contributed by atoms with E-state index in [0.717, 1.165) is 39.1 Å². The Morgan fingerprint density at radius 2 is 2.10 bits per heavy atom. The van der Waals surface area contributed by atoms with Crippen molar-refractivity contribution >= 4 is 28.6 Å². The van der Waals surface area contributed by atoms with E-state index in [1.807, 2.05) is 13.0 Å². The molecule has 6 heteroatoms. The highest BCUT2D eigenvalue weighted by atomic mass is 32.2. The number of hydrogen-bond donors (Lipinski definition) is 2. The number of hydrogen-bond acceptors (Lipinski definition) is 5. The highest BCUT2D eigenvalue weighted by molar-refractivity contribution is 7.99. The molecule has 3 aromatic rings. The van der Waals surface area contributed by atoms with Crippen LogP contribution >= 0.6 is 11.8 Å². The molecule has 5 nitrogen and oxygen atoms in total. The Balaban J connectivity index is 1.93. The minimum Gasteiger partial charge on any atom is -0.370 e. The zero-order valence-electron chi connectivity index (χ0n) is 12.3. The van der Waals surface area contributed by atoms with Gasteiger partial charge in [0, 0.05) is 12.1 Å². The number of benzene rings is 1. The average Bonchev–Trinajstić information content (AvgIpc) is 2.85. The largest absolute Gasteiger partial charge is 0.370 e. The maximum absolute atomic E-state index is 4.59. The summed E-state index contributed by atoms with van der Waals surface area (Å²) in [6.07, 6.45) is 1.58. The second-order valence-electron chi connectivity index (χ2n) is 4.85. The fraction of sp³-hybridized carbons (Fsp3) is 0.267. The average molecular weight is 299 g/mol. The molecule has 0 atom stereocenters. The van der Waals surface area contributed by atoms with Gasteiger partial charge in [-0.3, -0.25) is 0 Å². The molecule has 2 heterocycles. The first-order valence-corrected chi connectivity index (χ1v) is 7.68. The minimum absolute atomic E-state index is 0.839. The van der Waals surface area contributed by atoms with Crippen molar-refractivity contribution in [1.29, 1.82) is 0 Å². The molecule has 0 saturated carbocycles. The summed E-state index contributed by atoms with van der Waals surface area (Å²) in [7, 11) is 0. The Kier molecular flexibility index (Phi) is 3.79. The number of anilines is 1. The molecule has 108 valence electrons. The van der Waals surface area contributed by atoms with E-state index in [-0.39, 0.29) is 0 Å². The van der Waals surface area contributed by atoms with Gasteiger partial charge in [0.15, 0.2) is 5.16 Å². The maximum atomic E-state index is 4.59. The molecule has 2 N–H and O–H groups in total. The molecule has 0 aliphatic rings. The van der Waals surface area contributed by atoms with Crippen LogP contribution in [0.15, 0.2) is 34.7 Å². The van der Waals surface area contributed by atoms with E-state index in [1.54, 1.807) is 6.33 Å². The van der Waals surface area contributed by atoms with Crippen LogP contribution in [0.2, 0.25) is 0 Å². The van der Waals surface area contributed by atoms with Crippen LogP contribution in [0.25, 0.3) is 11.0 Å². The molecule has 0 radical (unpaired) electrons. The molecule has 0 spiro atoms. The van der Waals surface area contributed by atoms with Crippen LogP contribution in [0.3, 0.4) is 0 Å². The first-order valence-electron chi connectivity index (χ1n) is 6.87. The van der Waals surface area contributed by atoms with Gasteiger partial charge in [0.05, 0.1) is 11.0 Å². The molecule has 2 aromatic heterocycles. The zero-order chi connectivity index (χ0) is 14.8. The van der Waals surface area contributed by atoms with E-state index < -0.39 is 0 Å². The van der Waals surface area contributed by atoms with Gasteiger partial charge >= 0.3 is 0 Å². The molecular formula is C15H17N5S. The zero-order valence-corrected chi connectivity index (χ0v) is 13.1. The number of aryl methyl sites for hydroxylation is 1. The van der Waals surface area contributed by atoms with Gasteiger partial charge in [0.1, 0.15) is 17.2 Å². The monoisotopic (exact) mass is 299 g/mol. The van der Waals surface area contributed by atoms with Crippen LogP contribution in [-0.2, 0) is 0 Å². The summed E-state index contributed by atoms with van der Waals surface area (Å²) in [5, 5.41) is 5.00. The highest BCUT2D eigenvalue weighted by Gasteiger charge is 2.11. The molecule has 0 aliphatic heterocycles. The Morgan fingerprint density at radius 3 is 2.90 bits per heavy atom. The predicted molar refractivity (Wildman–Crippen MR) is 85.9 cm³/mol. The van der Waals surface area contributed by atoms with Crippen LogP contribution < -0.4 is 5.32 Å². The lowest BCUT2D eigenvalue weighted by molar-refractivity contribution is 0.979. The minimum atomic E-state index is 0.839. The quantitative estimate of drug-likeness (QED) is 0.721. The first-order chi connectivity index (χ1) is 10.2. The number of imidazole rings is 1. The van der Waals surface area contributed by atoms with Gasteiger partial charge in [-0.05, 0) is 50.2 Å².